The van der Waals surface area contributed by atoms with Gasteiger partial charge in [0.2, 0.25) is 11.6 Å². The third-order valence-electron chi connectivity index (χ3n) is 2.94. The summed E-state index contributed by atoms with van der Waals surface area (Å²) in [5.41, 5.74) is 1.99. The van der Waals surface area contributed by atoms with Gasteiger partial charge in [-0.25, -0.2) is 15.8 Å². The maximum Gasteiger partial charge on any atom is 0.354 e. The molecule has 0 fully saturated rings. The Hall–Kier alpha value is -1.96. The van der Waals surface area contributed by atoms with Crippen molar-refractivity contribution < 1.29 is 4.92 Å². The first-order valence-corrected chi connectivity index (χ1v) is 6.68. The van der Waals surface area contributed by atoms with Crippen LogP contribution in [0.15, 0.2) is 6.33 Å². The van der Waals surface area contributed by atoms with Crippen LogP contribution in [0.1, 0.15) is 40.0 Å². The van der Waals surface area contributed by atoms with E-state index in [1.165, 1.54) is 6.33 Å². The molecule has 0 aromatic carbocycles. The van der Waals surface area contributed by atoms with E-state index in [4.69, 9.17) is 5.84 Å². The largest absolute Gasteiger partial charge is 0.362 e. The Labute approximate surface area is 118 Å². The Kier molecular flexibility index (Phi) is 6.10. The second-order valence-electron chi connectivity index (χ2n) is 5.19. The third kappa shape index (κ3) is 4.61. The Morgan fingerprint density at radius 1 is 1.30 bits per heavy atom. The van der Waals surface area contributed by atoms with Gasteiger partial charge < -0.3 is 10.7 Å². The van der Waals surface area contributed by atoms with E-state index in [9.17, 15) is 10.1 Å². The summed E-state index contributed by atoms with van der Waals surface area (Å²) in [4.78, 5) is 18.2. The normalized spacial score (nSPS) is 12.2. The summed E-state index contributed by atoms with van der Waals surface area (Å²) >= 11 is 0. The molecule has 0 saturated carbocycles. The van der Waals surface area contributed by atoms with E-state index in [0.717, 1.165) is 19.3 Å². The molecule has 8 heteroatoms. The molecule has 0 aliphatic carbocycles. The standard InChI is InChI=1S/C12H22N6O2/c1-8(2)5-4-6-9(3)16-11-10(18(19)20)12(17-13)15-7-14-11/h7-9H,4-6,13H2,1-3H3,(H2,14,15,16,17). The molecule has 0 amide bonds. The summed E-state index contributed by atoms with van der Waals surface area (Å²) in [6, 6.07) is 0.0907. The molecule has 0 radical (unpaired) electrons. The highest BCUT2D eigenvalue weighted by molar-refractivity contribution is 5.68. The van der Waals surface area contributed by atoms with Gasteiger partial charge >= 0.3 is 5.69 Å². The molecule has 0 aliphatic rings. The number of rotatable bonds is 8. The lowest BCUT2D eigenvalue weighted by molar-refractivity contribution is -0.383. The number of nitrogens with zero attached hydrogens (tertiary/aromatic N) is 3. The van der Waals surface area contributed by atoms with E-state index >= 15 is 0 Å². The van der Waals surface area contributed by atoms with Crippen LogP contribution in [0.3, 0.4) is 0 Å². The van der Waals surface area contributed by atoms with Crippen LogP contribution in [0.25, 0.3) is 0 Å². The molecule has 1 heterocycles. The van der Waals surface area contributed by atoms with Gasteiger partial charge in [-0.2, -0.15) is 0 Å². The van der Waals surface area contributed by atoms with Gasteiger partial charge in [-0.1, -0.05) is 26.7 Å². The van der Waals surface area contributed by atoms with Crippen LogP contribution in [0, 0.1) is 16.0 Å². The zero-order valence-electron chi connectivity index (χ0n) is 12.1. The topological polar surface area (TPSA) is 119 Å². The molecule has 0 bridgehead atoms. The number of nitro groups is 1. The lowest BCUT2D eigenvalue weighted by Gasteiger charge is -2.15. The van der Waals surface area contributed by atoms with Gasteiger partial charge in [0.25, 0.3) is 0 Å². The minimum Gasteiger partial charge on any atom is -0.362 e. The summed E-state index contributed by atoms with van der Waals surface area (Å²) < 4.78 is 0. The van der Waals surface area contributed by atoms with E-state index in [-0.39, 0.29) is 23.4 Å². The SMILES string of the molecule is CC(C)CCCC(C)Nc1ncnc(NN)c1[N+](=O)[O-]. The van der Waals surface area contributed by atoms with Crippen molar-refractivity contribution >= 4 is 17.3 Å². The molecule has 20 heavy (non-hydrogen) atoms. The van der Waals surface area contributed by atoms with Gasteiger partial charge in [-0.3, -0.25) is 10.1 Å². The number of nitrogens with one attached hydrogen (secondary N) is 2. The van der Waals surface area contributed by atoms with Crippen molar-refractivity contribution in [2.45, 2.75) is 46.1 Å². The molecule has 0 spiro atoms. The molecule has 1 unspecified atom stereocenters. The molecule has 1 aromatic rings. The summed E-state index contributed by atoms with van der Waals surface area (Å²) in [7, 11) is 0. The average molecular weight is 282 g/mol. The second-order valence-corrected chi connectivity index (χ2v) is 5.19. The van der Waals surface area contributed by atoms with Crippen molar-refractivity contribution in [1.82, 2.24) is 9.97 Å². The summed E-state index contributed by atoms with van der Waals surface area (Å²) in [6.45, 7) is 6.32. The summed E-state index contributed by atoms with van der Waals surface area (Å²) in [6.07, 6.45) is 4.36. The average Bonchev–Trinajstić information content (AvgIpc) is 2.37. The van der Waals surface area contributed by atoms with Gasteiger partial charge in [0, 0.05) is 6.04 Å². The van der Waals surface area contributed by atoms with E-state index < -0.39 is 4.92 Å². The van der Waals surface area contributed by atoms with Crippen molar-refractivity contribution in [3.8, 4) is 0 Å². The first kappa shape index (κ1) is 16.1. The summed E-state index contributed by atoms with van der Waals surface area (Å²) in [5.74, 6) is 6.08. The molecular weight excluding hydrogens is 260 g/mol. The molecule has 0 saturated heterocycles. The van der Waals surface area contributed by atoms with Gasteiger partial charge in [0.05, 0.1) is 4.92 Å². The van der Waals surface area contributed by atoms with Crippen LogP contribution in [0.5, 0.6) is 0 Å². The minimum absolute atomic E-state index is 0.00174. The fourth-order valence-electron chi connectivity index (χ4n) is 1.90. The number of hydrazine groups is 1. The fraction of sp³-hybridized carbons (Fsp3) is 0.667. The molecule has 1 atom stereocenters. The van der Waals surface area contributed by atoms with Crippen LogP contribution in [-0.2, 0) is 0 Å². The first-order valence-electron chi connectivity index (χ1n) is 6.68. The Morgan fingerprint density at radius 2 is 1.95 bits per heavy atom. The number of nitrogen functional groups attached to an aromatic ring is 1. The highest BCUT2D eigenvalue weighted by Crippen LogP contribution is 2.28. The Bertz CT molecular complexity index is 452. The third-order valence-corrected chi connectivity index (χ3v) is 2.94. The molecule has 0 aliphatic heterocycles. The highest BCUT2D eigenvalue weighted by atomic mass is 16.6. The number of aromatic nitrogens is 2. The fourth-order valence-corrected chi connectivity index (χ4v) is 1.90. The van der Waals surface area contributed by atoms with Gasteiger partial charge in [0.1, 0.15) is 6.33 Å². The van der Waals surface area contributed by atoms with E-state index in [1.54, 1.807) is 0 Å². The Balaban J connectivity index is 2.74. The number of nitrogens with two attached hydrogens (primary N) is 1. The van der Waals surface area contributed by atoms with E-state index in [2.05, 4.69) is 34.6 Å². The molecule has 8 nitrogen and oxygen atoms in total. The first-order chi connectivity index (χ1) is 9.45. The second kappa shape index (κ2) is 7.59. The number of anilines is 2. The van der Waals surface area contributed by atoms with Crippen molar-refractivity contribution in [3.63, 3.8) is 0 Å². The highest BCUT2D eigenvalue weighted by Gasteiger charge is 2.23. The molecular formula is C12H22N6O2. The van der Waals surface area contributed by atoms with Crippen LogP contribution < -0.4 is 16.6 Å². The van der Waals surface area contributed by atoms with Gasteiger partial charge in [-0.05, 0) is 19.3 Å². The molecule has 112 valence electrons. The number of hydrogen-bond acceptors (Lipinski definition) is 7. The lowest BCUT2D eigenvalue weighted by atomic mass is 10.0. The maximum absolute atomic E-state index is 11.1. The monoisotopic (exact) mass is 282 g/mol. The lowest BCUT2D eigenvalue weighted by Crippen LogP contribution is -2.19. The molecule has 1 aromatic heterocycles. The van der Waals surface area contributed by atoms with Gasteiger partial charge in [-0.15, -0.1) is 0 Å². The van der Waals surface area contributed by atoms with Crippen LogP contribution in [0.2, 0.25) is 0 Å². The minimum atomic E-state index is -0.543. The quantitative estimate of drug-likeness (QED) is 0.380. The maximum atomic E-state index is 11.1. The van der Waals surface area contributed by atoms with Crippen molar-refractivity contribution in [1.29, 1.82) is 0 Å². The number of hydrogen-bond donors (Lipinski definition) is 3. The predicted octanol–water partition coefficient (Wildman–Crippen LogP) is 2.30. The molecule has 4 N–H and O–H groups in total. The van der Waals surface area contributed by atoms with Crippen LogP contribution in [0.4, 0.5) is 17.3 Å². The predicted molar refractivity (Wildman–Crippen MR) is 78.3 cm³/mol. The van der Waals surface area contributed by atoms with Crippen LogP contribution in [-0.4, -0.2) is 20.9 Å². The zero-order chi connectivity index (χ0) is 15.1. The van der Waals surface area contributed by atoms with Gasteiger partial charge in [0.15, 0.2) is 0 Å². The summed E-state index contributed by atoms with van der Waals surface area (Å²) in [5, 5.41) is 14.1. The zero-order valence-corrected chi connectivity index (χ0v) is 12.1. The Morgan fingerprint density at radius 3 is 2.50 bits per heavy atom. The molecule has 1 rings (SSSR count). The van der Waals surface area contributed by atoms with Crippen molar-refractivity contribution in [2.75, 3.05) is 10.7 Å². The van der Waals surface area contributed by atoms with E-state index in [1.807, 2.05) is 6.92 Å². The van der Waals surface area contributed by atoms with E-state index in [0.29, 0.717) is 5.92 Å². The van der Waals surface area contributed by atoms with Crippen molar-refractivity contribution in [2.24, 2.45) is 11.8 Å². The van der Waals surface area contributed by atoms with Crippen molar-refractivity contribution in [3.05, 3.63) is 16.4 Å². The van der Waals surface area contributed by atoms with Crippen LogP contribution >= 0.6 is 0 Å². The smallest absolute Gasteiger partial charge is 0.354 e.